The Bertz CT molecular complexity index is 3060. The Labute approximate surface area is 314 Å². The van der Waals surface area contributed by atoms with Crippen LogP contribution in [0.25, 0.3) is 82.2 Å². The second-order valence-electron chi connectivity index (χ2n) is 13.8. The van der Waals surface area contributed by atoms with Crippen molar-refractivity contribution in [2.24, 2.45) is 4.99 Å². The van der Waals surface area contributed by atoms with E-state index in [4.69, 9.17) is 4.99 Å². The first kappa shape index (κ1) is 31.6. The normalized spacial score (nSPS) is 12.1. The van der Waals surface area contributed by atoms with E-state index < -0.39 is 0 Å². The van der Waals surface area contributed by atoms with Gasteiger partial charge in [0, 0.05) is 5.56 Å². The first-order chi connectivity index (χ1) is 26.8. The molecule has 0 fully saturated rings. The van der Waals surface area contributed by atoms with Crippen molar-refractivity contribution in [1.82, 2.24) is 0 Å². The van der Waals surface area contributed by atoms with Gasteiger partial charge in [-0.05, 0) is 99.9 Å². The van der Waals surface area contributed by atoms with Crippen molar-refractivity contribution in [3.05, 3.63) is 217 Å². The van der Waals surface area contributed by atoms with Crippen molar-refractivity contribution in [1.29, 1.82) is 0 Å². The lowest BCUT2D eigenvalue weighted by Gasteiger charge is -2.19. The zero-order valence-electron chi connectivity index (χ0n) is 29.7. The highest BCUT2D eigenvalue weighted by molar-refractivity contribution is 6.28. The molecule has 0 bridgehead atoms. The Morgan fingerprint density at radius 1 is 0.352 bits per heavy atom. The molecule has 0 aliphatic heterocycles. The molecule has 54 heavy (non-hydrogen) atoms. The highest BCUT2D eigenvalue weighted by Crippen LogP contribution is 2.46. The van der Waals surface area contributed by atoms with Gasteiger partial charge in [-0.3, -0.25) is 0 Å². The maximum absolute atomic E-state index is 5.23. The van der Waals surface area contributed by atoms with Crippen LogP contribution in [0.15, 0.2) is 211 Å². The molecule has 10 aromatic carbocycles. The molecule has 0 saturated heterocycles. The molecule has 10 aromatic rings. The Balaban J connectivity index is 1.13. The SMILES string of the molecule is C(=C\c1ccc(-c2c3ccccc3c(-c3ccccc3)c3ccc4ccccc4c23)cc1)/C(=N/c1ccccc1)c1cccc2ccc3ccccc3c12. The van der Waals surface area contributed by atoms with Crippen LogP contribution < -0.4 is 0 Å². The number of aliphatic imine (C=N–C) groups is 1. The van der Waals surface area contributed by atoms with Gasteiger partial charge in [0.05, 0.1) is 11.4 Å². The average molecular weight is 686 g/mol. The van der Waals surface area contributed by atoms with Gasteiger partial charge >= 0.3 is 0 Å². The van der Waals surface area contributed by atoms with Crippen molar-refractivity contribution in [3.63, 3.8) is 0 Å². The lowest BCUT2D eigenvalue weighted by Crippen LogP contribution is -1.98. The topological polar surface area (TPSA) is 12.4 Å². The lowest BCUT2D eigenvalue weighted by molar-refractivity contribution is 1.51. The van der Waals surface area contributed by atoms with E-state index in [0.29, 0.717) is 0 Å². The van der Waals surface area contributed by atoms with E-state index in [1.807, 2.05) is 18.2 Å². The molecule has 252 valence electrons. The van der Waals surface area contributed by atoms with Crippen molar-refractivity contribution in [2.75, 3.05) is 0 Å². The van der Waals surface area contributed by atoms with Gasteiger partial charge in [-0.15, -0.1) is 0 Å². The minimum absolute atomic E-state index is 0.923. The largest absolute Gasteiger partial charge is 0.248 e. The maximum Gasteiger partial charge on any atom is 0.0715 e. The van der Waals surface area contributed by atoms with E-state index in [0.717, 1.165) is 22.5 Å². The fourth-order valence-electron chi connectivity index (χ4n) is 8.20. The summed E-state index contributed by atoms with van der Waals surface area (Å²) in [5, 5.41) is 12.4. The number of hydrogen-bond acceptors (Lipinski definition) is 1. The summed E-state index contributed by atoms with van der Waals surface area (Å²) in [4.78, 5) is 5.23. The molecular formula is C53H35N. The molecule has 0 unspecified atom stereocenters. The predicted molar refractivity (Wildman–Crippen MR) is 233 cm³/mol. The van der Waals surface area contributed by atoms with Crippen LogP contribution in [0.2, 0.25) is 0 Å². The second-order valence-corrected chi connectivity index (χ2v) is 13.8. The molecule has 10 rings (SSSR count). The number of allylic oxidation sites excluding steroid dienone is 1. The standard InChI is InChI=1S/C53H35N/c1-3-16-39(17-4-1)51-45-23-11-12-24-46(45)52(53-44-22-10-8-15-38(44)33-34-48(51)53)41-29-26-36(27-30-41)28-35-49(54-42-19-5-2-6-20-42)47-25-13-18-40-32-31-37-14-7-9-21-43(37)50(40)47/h1-35H/b35-28+,54-49-. The number of hydrogen-bond donors (Lipinski definition) is 0. The number of rotatable bonds is 6. The Morgan fingerprint density at radius 3 is 1.61 bits per heavy atom. The number of nitrogens with zero attached hydrogens (tertiary/aromatic N) is 1. The summed E-state index contributed by atoms with van der Waals surface area (Å²) in [5.41, 5.74) is 9.05. The van der Waals surface area contributed by atoms with Crippen LogP contribution in [0.3, 0.4) is 0 Å². The Morgan fingerprint density at radius 2 is 0.889 bits per heavy atom. The molecule has 0 aromatic heterocycles. The van der Waals surface area contributed by atoms with Gasteiger partial charge in [-0.1, -0.05) is 194 Å². The van der Waals surface area contributed by atoms with Gasteiger partial charge in [0.25, 0.3) is 0 Å². The van der Waals surface area contributed by atoms with E-state index in [2.05, 4.69) is 194 Å². The van der Waals surface area contributed by atoms with Crippen LogP contribution in [0.1, 0.15) is 11.1 Å². The van der Waals surface area contributed by atoms with Gasteiger partial charge in [-0.25, -0.2) is 4.99 Å². The van der Waals surface area contributed by atoms with Gasteiger partial charge in [0.15, 0.2) is 0 Å². The zero-order chi connectivity index (χ0) is 35.8. The number of para-hydroxylation sites is 1. The molecule has 0 aliphatic rings. The summed E-state index contributed by atoms with van der Waals surface area (Å²) in [6.45, 7) is 0. The molecule has 0 amide bonds. The van der Waals surface area contributed by atoms with Crippen molar-refractivity contribution < 1.29 is 0 Å². The van der Waals surface area contributed by atoms with Gasteiger partial charge in [0.2, 0.25) is 0 Å². The number of fused-ring (bicyclic) bond motifs is 7. The van der Waals surface area contributed by atoms with Crippen molar-refractivity contribution >= 4 is 71.3 Å². The summed E-state index contributed by atoms with van der Waals surface area (Å²) in [5.74, 6) is 0. The highest BCUT2D eigenvalue weighted by Gasteiger charge is 2.18. The summed E-state index contributed by atoms with van der Waals surface area (Å²) in [6, 6.07) is 71.9. The molecule has 0 heterocycles. The van der Waals surface area contributed by atoms with Crippen LogP contribution in [-0.4, -0.2) is 5.71 Å². The molecule has 0 aliphatic carbocycles. The van der Waals surface area contributed by atoms with E-state index in [1.54, 1.807) is 0 Å². The first-order valence-electron chi connectivity index (χ1n) is 18.5. The molecule has 1 nitrogen and oxygen atoms in total. The van der Waals surface area contributed by atoms with E-state index >= 15 is 0 Å². The molecule has 0 radical (unpaired) electrons. The minimum atomic E-state index is 0.923. The smallest absolute Gasteiger partial charge is 0.0715 e. The van der Waals surface area contributed by atoms with Gasteiger partial charge in [0.1, 0.15) is 0 Å². The van der Waals surface area contributed by atoms with Gasteiger partial charge < -0.3 is 0 Å². The average Bonchev–Trinajstić information content (AvgIpc) is 3.24. The Kier molecular flexibility index (Phi) is 7.89. The van der Waals surface area contributed by atoms with Crippen LogP contribution in [0.4, 0.5) is 5.69 Å². The molecule has 1 heteroatoms. The summed E-state index contributed by atoms with van der Waals surface area (Å²) < 4.78 is 0. The third-order valence-electron chi connectivity index (χ3n) is 10.7. The quantitative estimate of drug-likeness (QED) is 0.0938. The van der Waals surface area contributed by atoms with Crippen LogP contribution in [-0.2, 0) is 0 Å². The molecule has 0 saturated carbocycles. The summed E-state index contributed by atoms with van der Waals surface area (Å²) >= 11 is 0. The van der Waals surface area contributed by atoms with Crippen molar-refractivity contribution in [3.8, 4) is 22.3 Å². The minimum Gasteiger partial charge on any atom is -0.248 e. The van der Waals surface area contributed by atoms with Crippen LogP contribution >= 0.6 is 0 Å². The third-order valence-corrected chi connectivity index (χ3v) is 10.7. The summed E-state index contributed by atoms with van der Waals surface area (Å²) in [7, 11) is 0. The van der Waals surface area contributed by atoms with E-state index in [1.165, 1.54) is 76.1 Å². The molecule has 0 atom stereocenters. The third kappa shape index (κ3) is 5.55. The highest BCUT2D eigenvalue weighted by atomic mass is 14.7. The van der Waals surface area contributed by atoms with Crippen LogP contribution in [0.5, 0.6) is 0 Å². The van der Waals surface area contributed by atoms with Gasteiger partial charge in [-0.2, -0.15) is 0 Å². The van der Waals surface area contributed by atoms with Crippen LogP contribution in [0, 0.1) is 0 Å². The first-order valence-corrected chi connectivity index (χ1v) is 18.5. The van der Waals surface area contributed by atoms with E-state index in [-0.39, 0.29) is 0 Å². The lowest BCUT2D eigenvalue weighted by atomic mass is 9.84. The van der Waals surface area contributed by atoms with E-state index in [9.17, 15) is 0 Å². The molecule has 0 N–H and O–H groups in total. The fourth-order valence-corrected chi connectivity index (χ4v) is 8.20. The monoisotopic (exact) mass is 685 g/mol. The maximum atomic E-state index is 5.23. The number of benzene rings is 10. The zero-order valence-corrected chi connectivity index (χ0v) is 29.7. The summed E-state index contributed by atoms with van der Waals surface area (Å²) in [6.07, 6.45) is 4.37. The predicted octanol–water partition coefficient (Wildman–Crippen LogP) is 14.6. The fraction of sp³-hybridized carbons (Fsp3) is 0. The molecule has 0 spiro atoms. The second kappa shape index (κ2) is 13.5. The Hall–Kier alpha value is -7.09. The molecular weight excluding hydrogens is 651 g/mol. The van der Waals surface area contributed by atoms with Crippen molar-refractivity contribution in [2.45, 2.75) is 0 Å².